The van der Waals surface area contributed by atoms with E-state index in [1.807, 2.05) is 18.2 Å². The van der Waals surface area contributed by atoms with Gasteiger partial charge >= 0.3 is 0 Å². The maximum absolute atomic E-state index is 4.20. The van der Waals surface area contributed by atoms with Crippen LogP contribution >= 0.6 is 0 Å². The van der Waals surface area contributed by atoms with Crippen LogP contribution in [0.3, 0.4) is 0 Å². The van der Waals surface area contributed by atoms with Crippen molar-refractivity contribution < 1.29 is 0 Å². The third-order valence-electron chi connectivity index (χ3n) is 1.51. The van der Waals surface area contributed by atoms with Crippen LogP contribution in [-0.4, -0.2) is 24.8 Å². The molecule has 3 nitrogen and oxygen atoms in total. The van der Waals surface area contributed by atoms with Crippen molar-refractivity contribution in [3.8, 4) is 0 Å². The van der Waals surface area contributed by atoms with Gasteiger partial charge < -0.3 is 0 Å². The molecular formula is C8H7N3. The van der Waals surface area contributed by atoms with Gasteiger partial charge in [0.05, 0.1) is 5.70 Å². The van der Waals surface area contributed by atoms with Gasteiger partial charge in [0.1, 0.15) is 12.4 Å². The molecule has 0 fully saturated rings. The lowest BCUT2D eigenvalue weighted by atomic mass is 10.2. The highest BCUT2D eigenvalue weighted by Crippen LogP contribution is 2.11. The lowest BCUT2D eigenvalue weighted by Gasteiger charge is -2.07. The Bertz CT molecular complexity index is 294. The van der Waals surface area contributed by atoms with Crippen LogP contribution in [0.15, 0.2) is 38.9 Å². The van der Waals surface area contributed by atoms with E-state index in [-0.39, 0.29) is 6.04 Å². The van der Waals surface area contributed by atoms with E-state index >= 15 is 0 Å². The van der Waals surface area contributed by atoms with Gasteiger partial charge in [-0.3, -0.25) is 4.99 Å². The van der Waals surface area contributed by atoms with Gasteiger partial charge in [-0.05, 0) is 12.2 Å². The Labute approximate surface area is 64.6 Å². The van der Waals surface area contributed by atoms with E-state index in [0.717, 1.165) is 5.70 Å². The summed E-state index contributed by atoms with van der Waals surface area (Å²) in [6.45, 7) is 0. The zero-order chi connectivity index (χ0) is 7.52. The first-order valence-electron chi connectivity index (χ1n) is 3.43. The zero-order valence-corrected chi connectivity index (χ0v) is 5.88. The standard InChI is InChI=1S/C8H7N3/c1-2-4-10-8-5-9-6-11-7(8)3-1/h1-6,8H. The zero-order valence-electron chi connectivity index (χ0n) is 5.88. The van der Waals surface area contributed by atoms with Crippen molar-refractivity contribution in [1.29, 1.82) is 0 Å². The first-order valence-corrected chi connectivity index (χ1v) is 3.43. The van der Waals surface area contributed by atoms with E-state index < -0.39 is 0 Å². The number of hydrogen-bond acceptors (Lipinski definition) is 3. The minimum atomic E-state index is 0.0231. The molecule has 2 aliphatic heterocycles. The highest BCUT2D eigenvalue weighted by atomic mass is 15.0. The Morgan fingerprint density at radius 1 is 1.27 bits per heavy atom. The van der Waals surface area contributed by atoms with E-state index in [4.69, 9.17) is 0 Å². The Morgan fingerprint density at radius 2 is 2.27 bits per heavy atom. The van der Waals surface area contributed by atoms with Crippen molar-refractivity contribution in [3.05, 3.63) is 23.9 Å². The molecule has 0 aliphatic carbocycles. The number of fused-ring (bicyclic) bond motifs is 1. The normalized spacial score (nSPS) is 26.2. The van der Waals surface area contributed by atoms with E-state index in [1.54, 1.807) is 12.4 Å². The van der Waals surface area contributed by atoms with Crippen LogP contribution in [0, 0.1) is 0 Å². The number of nitrogens with zero attached hydrogens (tertiary/aromatic N) is 3. The highest BCUT2D eigenvalue weighted by molar-refractivity contribution is 5.85. The van der Waals surface area contributed by atoms with Gasteiger partial charge in [-0.1, -0.05) is 6.08 Å². The molecule has 11 heavy (non-hydrogen) atoms. The summed E-state index contributed by atoms with van der Waals surface area (Å²) in [5.74, 6) is 0. The molecule has 2 aliphatic rings. The summed E-state index contributed by atoms with van der Waals surface area (Å²) in [5, 5.41) is 0. The summed E-state index contributed by atoms with van der Waals surface area (Å²) < 4.78 is 0. The third-order valence-corrected chi connectivity index (χ3v) is 1.51. The molecule has 0 aromatic heterocycles. The summed E-state index contributed by atoms with van der Waals surface area (Å²) >= 11 is 0. The number of allylic oxidation sites excluding steroid dienone is 3. The molecule has 0 aromatic rings. The summed E-state index contributed by atoms with van der Waals surface area (Å²) in [6.07, 6.45) is 10.8. The summed E-state index contributed by atoms with van der Waals surface area (Å²) in [4.78, 5) is 12.2. The highest BCUT2D eigenvalue weighted by Gasteiger charge is 2.10. The Hall–Kier alpha value is -1.51. The van der Waals surface area contributed by atoms with Crippen LogP contribution in [0.25, 0.3) is 0 Å². The lowest BCUT2D eigenvalue weighted by Crippen LogP contribution is -2.11. The fraction of sp³-hybridized carbons (Fsp3) is 0.125. The molecule has 0 amide bonds. The van der Waals surface area contributed by atoms with E-state index in [0.29, 0.717) is 0 Å². The predicted octanol–water partition coefficient (Wildman–Crippen LogP) is 0.992. The molecule has 1 atom stereocenters. The van der Waals surface area contributed by atoms with Gasteiger partial charge in [0.15, 0.2) is 0 Å². The minimum Gasteiger partial charge on any atom is -0.278 e. The molecule has 1 unspecified atom stereocenters. The van der Waals surface area contributed by atoms with Crippen molar-refractivity contribution in [1.82, 2.24) is 0 Å². The molecule has 0 bridgehead atoms. The van der Waals surface area contributed by atoms with Gasteiger partial charge in [0, 0.05) is 12.4 Å². The van der Waals surface area contributed by atoms with Gasteiger partial charge in [-0.2, -0.15) is 0 Å². The number of rotatable bonds is 0. The molecule has 0 N–H and O–H groups in total. The van der Waals surface area contributed by atoms with E-state index in [2.05, 4.69) is 15.0 Å². The van der Waals surface area contributed by atoms with Crippen molar-refractivity contribution in [2.24, 2.45) is 15.0 Å². The average Bonchev–Trinajstić information content (AvgIpc) is 2.28. The molecule has 54 valence electrons. The average molecular weight is 145 g/mol. The van der Waals surface area contributed by atoms with Crippen LogP contribution in [0.1, 0.15) is 0 Å². The minimum absolute atomic E-state index is 0.0231. The lowest BCUT2D eigenvalue weighted by molar-refractivity contribution is 0.993. The summed E-state index contributed by atoms with van der Waals surface area (Å²) in [6, 6.07) is 0.0231. The summed E-state index contributed by atoms with van der Waals surface area (Å²) in [7, 11) is 0. The largest absolute Gasteiger partial charge is 0.278 e. The predicted molar refractivity (Wildman–Crippen MR) is 46.5 cm³/mol. The van der Waals surface area contributed by atoms with Crippen LogP contribution in [0.2, 0.25) is 0 Å². The van der Waals surface area contributed by atoms with Gasteiger partial charge in [-0.25, -0.2) is 9.98 Å². The summed E-state index contributed by atoms with van der Waals surface area (Å²) in [5.41, 5.74) is 0.949. The monoisotopic (exact) mass is 145 g/mol. The molecule has 0 saturated carbocycles. The van der Waals surface area contributed by atoms with Crippen molar-refractivity contribution >= 4 is 18.8 Å². The number of aliphatic imine (C=N–C) groups is 3. The molecule has 2 rings (SSSR count). The molecular weight excluding hydrogens is 138 g/mol. The van der Waals surface area contributed by atoms with Gasteiger partial charge in [0.25, 0.3) is 0 Å². The third kappa shape index (κ3) is 1.17. The Balaban J connectivity index is 2.39. The first kappa shape index (κ1) is 6.22. The Morgan fingerprint density at radius 3 is 3.27 bits per heavy atom. The second-order valence-corrected chi connectivity index (χ2v) is 2.26. The number of hydrogen-bond donors (Lipinski definition) is 0. The van der Waals surface area contributed by atoms with Gasteiger partial charge in [0.2, 0.25) is 0 Å². The SMILES string of the molecule is C1=CC=C2N=CN=CC2N=C1. The fourth-order valence-corrected chi connectivity index (χ4v) is 0.975. The Kier molecular flexibility index (Phi) is 1.48. The molecule has 0 aromatic carbocycles. The van der Waals surface area contributed by atoms with Crippen LogP contribution in [0.5, 0.6) is 0 Å². The molecule has 0 spiro atoms. The first-order chi connectivity index (χ1) is 5.47. The maximum Gasteiger partial charge on any atom is 0.127 e. The molecule has 2 heterocycles. The van der Waals surface area contributed by atoms with Crippen molar-refractivity contribution in [3.63, 3.8) is 0 Å². The van der Waals surface area contributed by atoms with E-state index in [9.17, 15) is 0 Å². The van der Waals surface area contributed by atoms with Crippen molar-refractivity contribution in [2.45, 2.75) is 6.04 Å². The second kappa shape index (κ2) is 2.62. The topological polar surface area (TPSA) is 37.1 Å². The van der Waals surface area contributed by atoms with Gasteiger partial charge in [-0.15, -0.1) is 0 Å². The molecule has 0 saturated heterocycles. The van der Waals surface area contributed by atoms with Crippen LogP contribution < -0.4 is 0 Å². The quantitative estimate of drug-likeness (QED) is 0.487. The molecule has 3 heteroatoms. The van der Waals surface area contributed by atoms with Crippen molar-refractivity contribution in [2.75, 3.05) is 0 Å². The van der Waals surface area contributed by atoms with Crippen LogP contribution in [0.4, 0.5) is 0 Å². The smallest absolute Gasteiger partial charge is 0.127 e. The maximum atomic E-state index is 4.20. The fourth-order valence-electron chi connectivity index (χ4n) is 0.975. The van der Waals surface area contributed by atoms with Crippen LogP contribution in [-0.2, 0) is 0 Å². The molecule has 0 radical (unpaired) electrons. The van der Waals surface area contributed by atoms with E-state index in [1.165, 1.54) is 6.34 Å². The second-order valence-electron chi connectivity index (χ2n) is 2.26.